The number of likely N-dealkylation sites (tertiary alicyclic amines) is 1. The fourth-order valence-corrected chi connectivity index (χ4v) is 8.38. The van der Waals surface area contributed by atoms with Crippen LogP contribution in [0.1, 0.15) is 36.6 Å². The van der Waals surface area contributed by atoms with E-state index in [4.69, 9.17) is 9.47 Å². The number of anilines is 2. The molecule has 48 heavy (non-hydrogen) atoms. The molecule has 6 atom stereocenters. The van der Waals surface area contributed by atoms with Crippen LogP contribution in [0.25, 0.3) is 0 Å². The number of fused-ring (bicyclic) bond motifs is 2. The summed E-state index contributed by atoms with van der Waals surface area (Å²) < 4.78 is 12.7. The van der Waals surface area contributed by atoms with Crippen LogP contribution >= 0.6 is 0 Å². The van der Waals surface area contributed by atoms with Crippen LogP contribution in [0.5, 0.6) is 5.75 Å². The molecule has 3 aromatic rings. The molecular formula is C39H41N3O6. The van der Waals surface area contributed by atoms with Crippen molar-refractivity contribution in [2.75, 3.05) is 36.1 Å². The molecule has 1 unspecified atom stereocenters. The number of aryl methyl sites for hydroxylation is 2. The van der Waals surface area contributed by atoms with Gasteiger partial charge in [-0.05, 0) is 68.7 Å². The van der Waals surface area contributed by atoms with Crippen molar-refractivity contribution in [1.82, 2.24) is 4.90 Å². The van der Waals surface area contributed by atoms with Crippen molar-refractivity contribution in [2.24, 2.45) is 11.8 Å². The molecule has 1 N–H and O–H groups in total. The minimum absolute atomic E-state index is 0.263. The van der Waals surface area contributed by atoms with Crippen LogP contribution in [0, 0.1) is 25.7 Å². The molecule has 0 bridgehead atoms. The van der Waals surface area contributed by atoms with E-state index in [0.29, 0.717) is 30.2 Å². The Morgan fingerprint density at radius 1 is 0.833 bits per heavy atom. The summed E-state index contributed by atoms with van der Waals surface area (Å²) in [5.74, 6) is -2.25. The summed E-state index contributed by atoms with van der Waals surface area (Å²) in [6, 6.07) is 20.5. The molecule has 4 aliphatic rings. The number of amides is 3. The molecule has 4 heterocycles. The van der Waals surface area contributed by atoms with Gasteiger partial charge in [0.15, 0.2) is 0 Å². The Kier molecular flexibility index (Phi) is 8.00. The minimum Gasteiger partial charge on any atom is -0.494 e. The second-order valence-electron chi connectivity index (χ2n) is 13.2. The van der Waals surface area contributed by atoms with E-state index in [1.165, 1.54) is 4.90 Å². The highest BCUT2D eigenvalue weighted by molar-refractivity contribution is 6.08. The number of hydrogen-bond donors (Lipinski definition) is 1. The molecule has 2 fully saturated rings. The number of para-hydroxylation sites is 1. The average molecular weight is 648 g/mol. The third kappa shape index (κ3) is 4.78. The molecule has 9 heteroatoms. The Morgan fingerprint density at radius 3 is 2.17 bits per heavy atom. The summed E-state index contributed by atoms with van der Waals surface area (Å²) in [6.07, 6.45) is 7.50. The smallest absolute Gasteiger partial charge is 0.253 e. The highest BCUT2D eigenvalue weighted by Crippen LogP contribution is 2.59. The Hall–Kier alpha value is -4.73. The second kappa shape index (κ2) is 12.1. The van der Waals surface area contributed by atoms with E-state index in [1.54, 1.807) is 9.80 Å². The van der Waals surface area contributed by atoms with E-state index in [2.05, 4.69) is 0 Å². The zero-order valence-electron chi connectivity index (χ0n) is 27.7. The standard InChI is InChI=1S/C39H41N3O6/c1-5-47-29-18-16-28(17-19-29)40-22-10-20-38(4)31(35(40)44)32-36(45)42(30(24-43)27-14-7-6-8-15-27)34-37(46)41(23-11-21-39(32,34)48-38)33-25(2)12-9-13-26(33)3/h6-21,30-32,34,43H,5,22-24H2,1-4H3/t30-,31+,32+,34?,38-,39+/m1/s1. The van der Waals surface area contributed by atoms with Crippen molar-refractivity contribution >= 4 is 29.1 Å². The van der Waals surface area contributed by atoms with Crippen molar-refractivity contribution in [1.29, 1.82) is 0 Å². The number of carbonyl (C=O) groups is 3. The molecule has 0 aromatic heterocycles. The van der Waals surface area contributed by atoms with Gasteiger partial charge >= 0.3 is 0 Å². The van der Waals surface area contributed by atoms with Gasteiger partial charge in [0.25, 0.3) is 5.91 Å². The summed E-state index contributed by atoms with van der Waals surface area (Å²) in [7, 11) is 0. The van der Waals surface area contributed by atoms with Gasteiger partial charge < -0.3 is 29.3 Å². The lowest BCUT2D eigenvalue weighted by molar-refractivity contribution is -0.148. The van der Waals surface area contributed by atoms with Crippen LogP contribution in [-0.2, 0) is 19.1 Å². The first-order valence-electron chi connectivity index (χ1n) is 16.6. The first-order valence-corrected chi connectivity index (χ1v) is 16.6. The van der Waals surface area contributed by atoms with Crippen molar-refractivity contribution in [3.8, 4) is 5.75 Å². The van der Waals surface area contributed by atoms with Gasteiger partial charge in [-0.25, -0.2) is 0 Å². The molecule has 2 saturated heterocycles. The molecule has 1 spiro atoms. The minimum atomic E-state index is -1.47. The van der Waals surface area contributed by atoms with Crippen LogP contribution in [0.3, 0.4) is 0 Å². The number of hydrogen-bond acceptors (Lipinski definition) is 6. The maximum absolute atomic E-state index is 15.1. The normalized spacial score (nSPS) is 28.6. The number of nitrogens with zero attached hydrogens (tertiary/aromatic N) is 3. The predicted molar refractivity (Wildman–Crippen MR) is 183 cm³/mol. The van der Waals surface area contributed by atoms with E-state index in [-0.39, 0.29) is 18.4 Å². The summed E-state index contributed by atoms with van der Waals surface area (Å²) in [4.78, 5) is 49.9. The van der Waals surface area contributed by atoms with E-state index >= 15 is 9.59 Å². The quantitative estimate of drug-likeness (QED) is 0.366. The summed E-state index contributed by atoms with van der Waals surface area (Å²) in [5.41, 5.74) is 1.34. The topological polar surface area (TPSA) is 99.6 Å². The number of aliphatic hydroxyl groups excluding tert-OH is 1. The number of carbonyl (C=O) groups excluding carboxylic acids is 3. The van der Waals surface area contributed by atoms with Gasteiger partial charge in [-0.1, -0.05) is 72.8 Å². The number of rotatable bonds is 7. The fraction of sp³-hybridized carbons (Fsp3) is 0.359. The number of ether oxygens (including phenoxy) is 2. The Balaban J connectivity index is 1.38. The number of aliphatic hydroxyl groups is 1. The van der Waals surface area contributed by atoms with Crippen molar-refractivity contribution in [3.05, 3.63) is 114 Å². The molecule has 0 saturated carbocycles. The SMILES string of the molecule is CCOc1ccc(N2CC=C[C@@]3(C)O[C@]45C=CCN(c6c(C)cccc6C)C(=O)C4N([C@H](CO)c4ccccc4)C(=O)[C@@H]5[C@H]3C2=O)cc1. The molecule has 248 valence electrons. The maximum atomic E-state index is 15.1. The fourth-order valence-electron chi connectivity index (χ4n) is 8.38. The van der Waals surface area contributed by atoms with Crippen LogP contribution in [0.15, 0.2) is 97.1 Å². The lowest BCUT2D eigenvalue weighted by Crippen LogP contribution is -2.57. The molecule has 3 aromatic carbocycles. The molecule has 3 amide bonds. The number of benzene rings is 3. The second-order valence-corrected chi connectivity index (χ2v) is 13.2. The Bertz CT molecular complexity index is 1790. The third-order valence-electron chi connectivity index (χ3n) is 10.4. The summed E-state index contributed by atoms with van der Waals surface area (Å²) >= 11 is 0. The molecule has 7 rings (SSSR count). The first kappa shape index (κ1) is 31.8. The van der Waals surface area contributed by atoms with Gasteiger partial charge in [0, 0.05) is 24.5 Å². The van der Waals surface area contributed by atoms with Gasteiger partial charge in [0.05, 0.1) is 36.7 Å². The van der Waals surface area contributed by atoms with Crippen LogP contribution in [0.2, 0.25) is 0 Å². The third-order valence-corrected chi connectivity index (χ3v) is 10.4. The van der Waals surface area contributed by atoms with Gasteiger partial charge in [-0.3, -0.25) is 14.4 Å². The first-order chi connectivity index (χ1) is 23.1. The Morgan fingerprint density at radius 2 is 1.50 bits per heavy atom. The largest absolute Gasteiger partial charge is 0.494 e. The highest BCUT2D eigenvalue weighted by Gasteiger charge is 2.75. The van der Waals surface area contributed by atoms with Crippen molar-refractivity contribution in [3.63, 3.8) is 0 Å². The molecule has 9 nitrogen and oxygen atoms in total. The summed E-state index contributed by atoms with van der Waals surface area (Å²) in [5, 5.41) is 10.9. The zero-order valence-corrected chi connectivity index (χ0v) is 27.7. The summed E-state index contributed by atoms with van der Waals surface area (Å²) in [6.45, 7) is 8.34. The Labute approximate surface area is 281 Å². The molecular weight excluding hydrogens is 606 g/mol. The van der Waals surface area contributed by atoms with Gasteiger partial charge in [0.2, 0.25) is 11.8 Å². The lowest BCUT2D eigenvalue weighted by Gasteiger charge is -2.40. The van der Waals surface area contributed by atoms with Crippen molar-refractivity contribution < 1.29 is 29.0 Å². The van der Waals surface area contributed by atoms with Crippen LogP contribution in [0.4, 0.5) is 11.4 Å². The van der Waals surface area contributed by atoms with E-state index in [1.807, 2.05) is 125 Å². The van der Waals surface area contributed by atoms with Gasteiger partial charge in [-0.15, -0.1) is 0 Å². The monoisotopic (exact) mass is 647 g/mol. The maximum Gasteiger partial charge on any atom is 0.253 e. The molecule has 4 aliphatic heterocycles. The van der Waals surface area contributed by atoms with E-state index in [9.17, 15) is 9.90 Å². The highest BCUT2D eigenvalue weighted by atomic mass is 16.5. The van der Waals surface area contributed by atoms with E-state index < -0.39 is 47.6 Å². The molecule has 0 aliphatic carbocycles. The van der Waals surface area contributed by atoms with E-state index in [0.717, 1.165) is 16.8 Å². The van der Waals surface area contributed by atoms with Crippen molar-refractivity contribution in [2.45, 2.75) is 51.0 Å². The van der Waals surface area contributed by atoms with Crippen LogP contribution in [-0.4, -0.2) is 71.3 Å². The van der Waals surface area contributed by atoms with Crippen LogP contribution < -0.4 is 14.5 Å². The average Bonchev–Trinajstić information content (AvgIpc) is 3.35. The predicted octanol–water partition coefficient (Wildman–Crippen LogP) is 4.91. The molecule has 0 radical (unpaired) electrons. The van der Waals surface area contributed by atoms with Gasteiger partial charge in [-0.2, -0.15) is 0 Å². The van der Waals surface area contributed by atoms with Gasteiger partial charge in [0.1, 0.15) is 17.4 Å². The lowest BCUT2D eigenvalue weighted by atomic mass is 9.74. The zero-order chi connectivity index (χ0) is 33.8.